The van der Waals surface area contributed by atoms with Crippen LogP contribution in [0, 0.1) is 0 Å². The molecule has 22 heavy (non-hydrogen) atoms. The number of aliphatic imine (C=N–C) groups is 1. The van der Waals surface area contributed by atoms with E-state index in [1.54, 1.807) is 0 Å². The first-order chi connectivity index (χ1) is 10.2. The van der Waals surface area contributed by atoms with Gasteiger partial charge in [-0.2, -0.15) is 0 Å². The molecule has 0 aliphatic carbocycles. The molecule has 0 amide bonds. The number of rotatable bonds is 10. The van der Waals surface area contributed by atoms with Gasteiger partial charge in [-0.05, 0) is 19.3 Å². The van der Waals surface area contributed by atoms with Crippen molar-refractivity contribution >= 4 is 32.9 Å². The summed E-state index contributed by atoms with van der Waals surface area (Å²) < 4.78 is 0. The van der Waals surface area contributed by atoms with Crippen molar-refractivity contribution in [3.8, 4) is 0 Å². The van der Waals surface area contributed by atoms with Crippen molar-refractivity contribution in [2.24, 2.45) is 27.9 Å². The number of guanidine groups is 1. The van der Waals surface area contributed by atoms with Crippen molar-refractivity contribution in [1.82, 2.24) is 0 Å². The third-order valence-corrected chi connectivity index (χ3v) is 3.84. The van der Waals surface area contributed by atoms with Crippen molar-refractivity contribution < 1.29 is 19.8 Å². The maximum Gasteiger partial charge on any atom is 0.320 e. The third-order valence-electron chi connectivity index (χ3n) is 2.48. The van der Waals surface area contributed by atoms with Crippen LogP contribution in [0.2, 0.25) is 11.1 Å². The Kier molecular flexibility index (Phi) is 15.2. The minimum Gasteiger partial charge on any atom is -0.480 e. The van der Waals surface area contributed by atoms with E-state index < -0.39 is 24.0 Å². The van der Waals surface area contributed by atoms with Crippen molar-refractivity contribution in [2.75, 3.05) is 6.54 Å². The molecule has 0 aliphatic heterocycles. The average molecular weight is 384 g/mol. The van der Waals surface area contributed by atoms with Gasteiger partial charge < -0.3 is 22.3 Å². The fraction of sp³-hybridized carbons (Fsp3) is 0.750. The minimum atomic E-state index is -0.971. The van der Waals surface area contributed by atoms with E-state index in [0.717, 1.165) is 11.7 Å². The molecule has 0 aromatic heterocycles. The number of carboxylic acids is 2. The number of nitrogens with zero attached hydrogens (tertiary/aromatic N) is 1. The Labute approximate surface area is 136 Å². The van der Waals surface area contributed by atoms with Gasteiger partial charge in [-0.15, -0.1) is 0 Å². The normalized spacial score (nSPS) is 12.5. The Morgan fingerprint density at radius 1 is 1.05 bits per heavy atom. The quantitative estimate of drug-likeness (QED) is 0.117. The fourth-order valence-corrected chi connectivity index (χ4v) is 2.20. The second kappa shape index (κ2) is 14.6. The average Bonchev–Trinajstić information content (AvgIpc) is 2.44. The molecule has 0 fully saturated rings. The zero-order valence-corrected chi connectivity index (χ0v) is 14.5. The molecule has 0 radical (unpaired) electrons. The standard InChI is InChI=1S/C7H16N4O2.C5H11NO2Se/c8-5(6(12)13)3-1-2-4-11-7(9)10;1-9-3-2-4(6)5(7)8/h5H,1-4,8H2,(H,12,13)(H4,9,10,11);4H,2-3,6H2,1H3,(H,7,8)/t5-;4-/m00/s1. The van der Waals surface area contributed by atoms with Crippen molar-refractivity contribution in [3.05, 3.63) is 0 Å². The number of unbranched alkanes of at least 4 members (excludes halogenated alkanes) is 1. The molecule has 10 N–H and O–H groups in total. The monoisotopic (exact) mass is 385 g/mol. The predicted molar refractivity (Wildman–Crippen MR) is 86.8 cm³/mol. The zero-order chi connectivity index (χ0) is 17.5. The molecule has 0 rings (SSSR count). The summed E-state index contributed by atoms with van der Waals surface area (Å²) in [5.41, 5.74) is 20.7. The van der Waals surface area contributed by atoms with E-state index in [4.69, 9.17) is 33.1 Å². The molecule has 10 heteroatoms. The van der Waals surface area contributed by atoms with Gasteiger partial charge in [-0.25, -0.2) is 0 Å². The van der Waals surface area contributed by atoms with Gasteiger partial charge in [0.1, 0.15) is 6.04 Å². The van der Waals surface area contributed by atoms with Crippen LogP contribution < -0.4 is 22.9 Å². The van der Waals surface area contributed by atoms with Crippen molar-refractivity contribution in [2.45, 2.75) is 48.9 Å². The first-order valence-corrected chi connectivity index (χ1v) is 9.65. The summed E-state index contributed by atoms with van der Waals surface area (Å²) in [5.74, 6) is 0.269. The molecule has 0 spiro atoms. The minimum absolute atomic E-state index is 0.0579. The van der Waals surface area contributed by atoms with Crippen LogP contribution in [0.1, 0.15) is 25.7 Å². The van der Waals surface area contributed by atoms with Crippen LogP contribution >= 0.6 is 0 Å². The second-order valence-electron chi connectivity index (χ2n) is 4.47. The predicted octanol–water partition coefficient (Wildman–Crippen LogP) is -1.20. The molecular weight excluding hydrogens is 357 g/mol. The maximum atomic E-state index is 10.3. The topological polar surface area (TPSA) is 191 Å². The molecule has 0 aromatic carbocycles. The summed E-state index contributed by atoms with van der Waals surface area (Å²) in [4.78, 5) is 24.1. The van der Waals surface area contributed by atoms with Gasteiger partial charge in [0, 0.05) is 6.54 Å². The van der Waals surface area contributed by atoms with Crippen LogP contribution in [-0.4, -0.2) is 61.7 Å². The Balaban J connectivity index is 0. The number of hydrogen-bond donors (Lipinski definition) is 6. The molecule has 130 valence electrons. The maximum absolute atomic E-state index is 10.3. The first-order valence-electron chi connectivity index (χ1n) is 6.73. The van der Waals surface area contributed by atoms with Crippen molar-refractivity contribution in [3.63, 3.8) is 0 Å². The molecule has 0 bridgehead atoms. The number of carboxylic acid groups (broad SMARTS) is 2. The molecule has 0 heterocycles. The van der Waals surface area contributed by atoms with Gasteiger partial charge in [0.05, 0.1) is 0 Å². The number of carbonyl (C=O) groups is 2. The van der Waals surface area contributed by atoms with Crippen LogP contribution in [-0.2, 0) is 9.59 Å². The van der Waals surface area contributed by atoms with E-state index in [1.165, 1.54) is 0 Å². The van der Waals surface area contributed by atoms with E-state index in [2.05, 4.69) is 10.8 Å². The van der Waals surface area contributed by atoms with Crippen LogP contribution in [0.15, 0.2) is 4.99 Å². The van der Waals surface area contributed by atoms with Crippen LogP contribution in [0.25, 0.3) is 0 Å². The van der Waals surface area contributed by atoms with E-state index in [0.29, 0.717) is 40.8 Å². The van der Waals surface area contributed by atoms with Gasteiger partial charge in [-0.3, -0.25) is 9.79 Å². The molecule has 2 atom stereocenters. The Morgan fingerprint density at radius 2 is 1.55 bits per heavy atom. The van der Waals surface area contributed by atoms with Gasteiger partial charge in [0.25, 0.3) is 0 Å². The summed E-state index contributed by atoms with van der Waals surface area (Å²) in [6, 6.07) is -1.42. The van der Waals surface area contributed by atoms with Gasteiger partial charge in [-0.1, -0.05) is 0 Å². The molecular formula is C12H27N5O4Se. The summed E-state index contributed by atoms with van der Waals surface area (Å²) in [5, 5.41) is 17.7. The van der Waals surface area contributed by atoms with Crippen LogP contribution in [0.4, 0.5) is 0 Å². The van der Waals surface area contributed by atoms with E-state index >= 15 is 0 Å². The molecule has 0 aromatic rings. The zero-order valence-electron chi connectivity index (χ0n) is 12.8. The fourth-order valence-electron chi connectivity index (χ4n) is 1.18. The SMILES string of the molecule is C[Se]CC[C@H](N)C(=O)O.NC(N)=NCCCC[C@H](N)C(=O)O. The van der Waals surface area contributed by atoms with E-state index in [9.17, 15) is 9.59 Å². The Bertz CT molecular complexity index is 350. The summed E-state index contributed by atoms with van der Waals surface area (Å²) >= 11 is 0.549. The molecule has 0 saturated heterocycles. The van der Waals surface area contributed by atoms with Crippen LogP contribution in [0.5, 0.6) is 0 Å². The number of nitrogens with two attached hydrogens (primary N) is 4. The van der Waals surface area contributed by atoms with Crippen molar-refractivity contribution in [1.29, 1.82) is 0 Å². The summed E-state index contributed by atoms with van der Waals surface area (Å²) in [6.45, 7) is 0.522. The molecule has 9 nitrogen and oxygen atoms in total. The molecule has 0 unspecified atom stereocenters. The molecule has 0 aliphatic rings. The third kappa shape index (κ3) is 16.7. The molecule has 0 saturated carbocycles. The Morgan fingerprint density at radius 3 is 1.95 bits per heavy atom. The summed E-state index contributed by atoms with van der Waals surface area (Å²) in [6.07, 6.45) is 2.53. The first kappa shape index (κ1) is 22.9. The summed E-state index contributed by atoms with van der Waals surface area (Å²) in [7, 11) is 0. The van der Waals surface area contributed by atoms with Gasteiger partial charge >= 0.3 is 66.1 Å². The largest absolute Gasteiger partial charge is 0.480 e. The Hall–Kier alpha value is -1.35. The van der Waals surface area contributed by atoms with E-state index in [1.807, 2.05) is 0 Å². The second-order valence-corrected chi connectivity index (χ2v) is 6.54. The van der Waals surface area contributed by atoms with E-state index in [-0.39, 0.29) is 5.96 Å². The van der Waals surface area contributed by atoms with Gasteiger partial charge in [0.2, 0.25) is 0 Å². The number of hydrogen-bond acceptors (Lipinski definition) is 5. The number of aliphatic carboxylic acids is 2. The van der Waals surface area contributed by atoms with Crippen LogP contribution in [0.3, 0.4) is 0 Å². The van der Waals surface area contributed by atoms with Gasteiger partial charge in [0.15, 0.2) is 5.96 Å². The smallest absolute Gasteiger partial charge is 0.320 e.